The van der Waals surface area contributed by atoms with Gasteiger partial charge in [-0.05, 0) is 26.0 Å². The summed E-state index contributed by atoms with van der Waals surface area (Å²) in [5.74, 6) is 1.42. The minimum atomic E-state index is -0.146. The van der Waals surface area contributed by atoms with E-state index in [0.29, 0.717) is 19.0 Å². The molecule has 0 aromatic carbocycles. The number of aryl methyl sites for hydroxylation is 2. The van der Waals surface area contributed by atoms with Crippen molar-refractivity contribution in [1.29, 1.82) is 0 Å². The first-order valence-electron chi connectivity index (χ1n) is 6.84. The highest BCUT2D eigenvalue weighted by Gasteiger charge is 2.31. The van der Waals surface area contributed by atoms with Crippen LogP contribution in [0.3, 0.4) is 0 Å². The van der Waals surface area contributed by atoms with Gasteiger partial charge in [0, 0.05) is 12.3 Å². The third kappa shape index (κ3) is 2.92. The van der Waals surface area contributed by atoms with E-state index in [0.717, 1.165) is 11.5 Å². The summed E-state index contributed by atoms with van der Waals surface area (Å²) in [6, 6.07) is 4.85. The normalized spacial score (nSPS) is 21.4. The molecule has 2 aromatic rings. The van der Waals surface area contributed by atoms with Crippen LogP contribution < -0.4 is 10.9 Å². The Bertz CT molecular complexity index is 700. The van der Waals surface area contributed by atoms with Crippen molar-refractivity contribution < 1.29 is 4.74 Å². The minimum Gasteiger partial charge on any atom is -0.377 e. The topological polar surface area (TPSA) is 81.9 Å². The van der Waals surface area contributed by atoms with E-state index in [4.69, 9.17) is 4.74 Å². The van der Waals surface area contributed by atoms with E-state index in [1.165, 1.54) is 10.7 Å². The van der Waals surface area contributed by atoms with Crippen LogP contribution in [-0.2, 0) is 4.74 Å². The fourth-order valence-corrected chi connectivity index (χ4v) is 2.41. The second-order valence-corrected chi connectivity index (χ2v) is 5.10. The van der Waals surface area contributed by atoms with Gasteiger partial charge >= 0.3 is 0 Å². The zero-order valence-electron chi connectivity index (χ0n) is 12.0. The molecule has 2 unspecified atom stereocenters. The molecule has 0 radical (unpaired) electrons. The van der Waals surface area contributed by atoms with E-state index in [9.17, 15) is 4.79 Å². The lowest BCUT2D eigenvalue weighted by Crippen LogP contribution is -2.37. The van der Waals surface area contributed by atoms with Crippen LogP contribution in [0.5, 0.6) is 0 Å². The van der Waals surface area contributed by atoms with Gasteiger partial charge in [0.05, 0.1) is 24.9 Å². The number of nitrogens with one attached hydrogen (secondary N) is 1. The van der Waals surface area contributed by atoms with Crippen LogP contribution in [0.25, 0.3) is 0 Å². The maximum Gasteiger partial charge on any atom is 0.267 e. The number of aromatic nitrogens is 4. The van der Waals surface area contributed by atoms with Crippen LogP contribution in [0.1, 0.15) is 17.6 Å². The van der Waals surface area contributed by atoms with Gasteiger partial charge in [-0.15, -0.1) is 0 Å². The summed E-state index contributed by atoms with van der Waals surface area (Å²) in [5.41, 5.74) is 0.680. The van der Waals surface area contributed by atoms with Crippen molar-refractivity contribution >= 4 is 5.82 Å². The summed E-state index contributed by atoms with van der Waals surface area (Å²) >= 11 is 0. The molecule has 1 aliphatic heterocycles. The Morgan fingerprint density at radius 2 is 2.14 bits per heavy atom. The first-order valence-corrected chi connectivity index (χ1v) is 6.84. The second kappa shape index (κ2) is 5.61. The fourth-order valence-electron chi connectivity index (χ4n) is 2.41. The molecule has 1 N–H and O–H groups in total. The Morgan fingerprint density at radius 3 is 2.95 bits per heavy atom. The Labute approximate surface area is 122 Å². The van der Waals surface area contributed by atoms with E-state index in [-0.39, 0.29) is 17.6 Å². The molecule has 2 aromatic heterocycles. The van der Waals surface area contributed by atoms with E-state index in [1.807, 2.05) is 13.8 Å². The lowest BCUT2D eigenvalue weighted by molar-refractivity contribution is 0.182. The van der Waals surface area contributed by atoms with Gasteiger partial charge in [-0.3, -0.25) is 4.79 Å². The maximum absolute atomic E-state index is 12.0. The lowest BCUT2D eigenvalue weighted by atomic mass is 10.1. The number of hydrogen-bond acceptors (Lipinski definition) is 6. The summed E-state index contributed by atoms with van der Waals surface area (Å²) in [4.78, 5) is 20.4. The molecule has 21 heavy (non-hydrogen) atoms. The average Bonchev–Trinajstić information content (AvgIpc) is 2.89. The van der Waals surface area contributed by atoms with Crippen molar-refractivity contribution in [3.05, 3.63) is 46.3 Å². The molecule has 2 atom stereocenters. The van der Waals surface area contributed by atoms with E-state index in [1.54, 1.807) is 18.3 Å². The van der Waals surface area contributed by atoms with Gasteiger partial charge in [-0.25, -0.2) is 14.6 Å². The molecule has 3 heterocycles. The van der Waals surface area contributed by atoms with Gasteiger partial charge in [-0.2, -0.15) is 5.10 Å². The molecule has 0 amide bonds. The largest absolute Gasteiger partial charge is 0.377 e. The van der Waals surface area contributed by atoms with Crippen molar-refractivity contribution in [3.63, 3.8) is 0 Å². The highest BCUT2D eigenvalue weighted by Crippen LogP contribution is 2.20. The smallest absolute Gasteiger partial charge is 0.267 e. The van der Waals surface area contributed by atoms with Gasteiger partial charge in [0.2, 0.25) is 0 Å². The van der Waals surface area contributed by atoms with Crippen molar-refractivity contribution in [3.8, 4) is 0 Å². The van der Waals surface area contributed by atoms with Crippen molar-refractivity contribution in [2.45, 2.75) is 25.9 Å². The molecule has 7 heteroatoms. The molecule has 0 spiro atoms. The van der Waals surface area contributed by atoms with Crippen molar-refractivity contribution in [1.82, 2.24) is 19.7 Å². The molecule has 1 fully saturated rings. The van der Waals surface area contributed by atoms with Crippen LogP contribution in [0, 0.1) is 13.8 Å². The van der Waals surface area contributed by atoms with Crippen LogP contribution in [0.2, 0.25) is 0 Å². The molecule has 0 aliphatic carbocycles. The zero-order chi connectivity index (χ0) is 14.8. The number of ether oxygens (including phenoxy) is 1. The molecule has 0 bridgehead atoms. The fraction of sp³-hybridized carbons (Fsp3) is 0.429. The van der Waals surface area contributed by atoms with Gasteiger partial charge in [0.15, 0.2) is 0 Å². The molecular formula is C14H17N5O2. The molecule has 1 aliphatic rings. The predicted octanol–water partition coefficient (Wildman–Crippen LogP) is 0.702. The number of anilines is 1. The molecule has 3 rings (SSSR count). The van der Waals surface area contributed by atoms with E-state index in [2.05, 4.69) is 20.4 Å². The summed E-state index contributed by atoms with van der Waals surface area (Å²) < 4.78 is 7.01. The van der Waals surface area contributed by atoms with E-state index >= 15 is 0 Å². The summed E-state index contributed by atoms with van der Waals surface area (Å²) in [6.45, 7) is 4.66. The van der Waals surface area contributed by atoms with Crippen LogP contribution in [0.15, 0.2) is 29.2 Å². The highest BCUT2D eigenvalue weighted by atomic mass is 16.5. The maximum atomic E-state index is 12.0. The number of rotatable bonds is 3. The second-order valence-electron chi connectivity index (χ2n) is 5.10. The van der Waals surface area contributed by atoms with Gasteiger partial charge in [0.25, 0.3) is 5.56 Å². The Balaban J connectivity index is 1.85. The number of nitrogens with zero attached hydrogens (tertiary/aromatic N) is 4. The summed E-state index contributed by atoms with van der Waals surface area (Å²) in [5, 5.41) is 7.62. The minimum absolute atomic E-state index is 0.0497. The number of hydrogen-bond donors (Lipinski definition) is 1. The van der Waals surface area contributed by atoms with Crippen LogP contribution in [0.4, 0.5) is 5.82 Å². The predicted molar refractivity (Wildman–Crippen MR) is 77.3 cm³/mol. The van der Waals surface area contributed by atoms with Gasteiger partial charge in [-0.1, -0.05) is 0 Å². The highest BCUT2D eigenvalue weighted by molar-refractivity contribution is 5.35. The van der Waals surface area contributed by atoms with Crippen LogP contribution >= 0.6 is 0 Å². The molecule has 0 saturated carbocycles. The lowest BCUT2D eigenvalue weighted by Gasteiger charge is -2.20. The third-order valence-electron chi connectivity index (χ3n) is 3.43. The Hall–Kier alpha value is -2.28. The standard InChI is InChI=1S/C14H17N5O2/c1-9-3-4-14(20)19(18-9)12-8-21-7-11(12)17-13-5-6-15-10(2)16-13/h3-6,11-12H,7-8H2,1-2H3,(H,15,16,17). The first-order chi connectivity index (χ1) is 10.1. The summed E-state index contributed by atoms with van der Waals surface area (Å²) in [6.07, 6.45) is 1.70. The molecular weight excluding hydrogens is 270 g/mol. The van der Waals surface area contributed by atoms with Crippen molar-refractivity contribution in [2.75, 3.05) is 18.5 Å². The molecule has 110 valence electrons. The van der Waals surface area contributed by atoms with Gasteiger partial charge in [0.1, 0.15) is 17.7 Å². The molecule has 1 saturated heterocycles. The summed E-state index contributed by atoms with van der Waals surface area (Å²) in [7, 11) is 0. The zero-order valence-corrected chi connectivity index (χ0v) is 12.0. The third-order valence-corrected chi connectivity index (χ3v) is 3.43. The van der Waals surface area contributed by atoms with Crippen LogP contribution in [-0.4, -0.2) is 39.0 Å². The first kappa shape index (κ1) is 13.7. The molecule has 7 nitrogen and oxygen atoms in total. The average molecular weight is 287 g/mol. The quantitative estimate of drug-likeness (QED) is 0.895. The SMILES string of the molecule is Cc1ccc(=O)n(C2COCC2Nc2ccnc(C)n2)n1. The Morgan fingerprint density at radius 1 is 1.29 bits per heavy atom. The Kier molecular flexibility index (Phi) is 3.66. The van der Waals surface area contributed by atoms with Crippen molar-refractivity contribution in [2.24, 2.45) is 0 Å². The monoisotopic (exact) mass is 287 g/mol. The van der Waals surface area contributed by atoms with E-state index < -0.39 is 0 Å². The van der Waals surface area contributed by atoms with Gasteiger partial charge < -0.3 is 10.1 Å².